The van der Waals surface area contributed by atoms with E-state index in [4.69, 9.17) is 9.84 Å². The number of nitrogens with zero attached hydrogens (tertiary/aromatic N) is 2. The Morgan fingerprint density at radius 1 is 1.03 bits per heavy atom. The van der Waals surface area contributed by atoms with Gasteiger partial charge in [-0.25, -0.2) is 4.98 Å². The summed E-state index contributed by atoms with van der Waals surface area (Å²) in [6.45, 7) is 1.59. The van der Waals surface area contributed by atoms with Crippen molar-refractivity contribution in [3.05, 3.63) is 90.3 Å². The minimum absolute atomic E-state index is 0.168. The van der Waals surface area contributed by atoms with E-state index in [1.807, 2.05) is 36.4 Å². The molecular weight excluding hydrogens is 406 g/mol. The lowest BCUT2D eigenvalue weighted by molar-refractivity contribution is -0.137. The molecule has 0 aliphatic rings. The molecule has 160 valence electrons. The normalized spacial score (nSPS) is 11.0. The molecule has 1 aromatic heterocycles. The van der Waals surface area contributed by atoms with E-state index < -0.39 is 5.97 Å². The van der Waals surface area contributed by atoms with Gasteiger partial charge in [0.15, 0.2) is 5.75 Å². The second-order valence-corrected chi connectivity index (χ2v) is 7.12. The molecule has 7 nitrogen and oxygen atoms in total. The van der Waals surface area contributed by atoms with Gasteiger partial charge in [-0.2, -0.15) is 0 Å². The van der Waals surface area contributed by atoms with Gasteiger partial charge in [0.05, 0.1) is 5.52 Å². The van der Waals surface area contributed by atoms with Crippen molar-refractivity contribution >= 4 is 34.7 Å². The quantitative estimate of drug-likeness (QED) is 0.410. The van der Waals surface area contributed by atoms with Gasteiger partial charge < -0.3 is 19.7 Å². The minimum atomic E-state index is -0.935. The van der Waals surface area contributed by atoms with Crippen LogP contribution in [0.25, 0.3) is 17.1 Å². The molecule has 0 bridgehead atoms. The third kappa shape index (κ3) is 4.84. The van der Waals surface area contributed by atoms with Crippen LogP contribution < -0.4 is 10.1 Å². The lowest BCUT2D eigenvalue weighted by Gasteiger charge is -2.08. The number of rotatable bonds is 7. The molecule has 0 fully saturated rings. The standard InChI is InChI=1S/C25H21N3O4/c1-17-26-25-21(28(17)16-24(30)31)8-5-9-22(25)32-20-13-11-19(12-14-20)27-23(29)15-10-18-6-3-2-4-7-18/h2-15H,16H2,1H3,(H,27,29)(H,30,31)/b15-10+. The summed E-state index contributed by atoms with van der Waals surface area (Å²) in [7, 11) is 0. The number of para-hydroxylation sites is 1. The first-order valence-electron chi connectivity index (χ1n) is 9.99. The molecule has 32 heavy (non-hydrogen) atoms. The number of carboxylic acids is 1. The zero-order valence-corrected chi connectivity index (χ0v) is 17.4. The van der Waals surface area contributed by atoms with Crippen molar-refractivity contribution in [1.29, 1.82) is 0 Å². The number of hydrogen-bond donors (Lipinski definition) is 2. The number of carboxylic acid groups (broad SMARTS) is 1. The summed E-state index contributed by atoms with van der Waals surface area (Å²) in [4.78, 5) is 27.8. The Bertz CT molecular complexity index is 1290. The van der Waals surface area contributed by atoms with Crippen molar-refractivity contribution in [1.82, 2.24) is 9.55 Å². The number of amides is 1. The van der Waals surface area contributed by atoms with Crippen LogP contribution in [0.5, 0.6) is 11.5 Å². The number of aryl methyl sites for hydroxylation is 1. The predicted molar refractivity (Wildman–Crippen MR) is 123 cm³/mol. The highest BCUT2D eigenvalue weighted by Crippen LogP contribution is 2.30. The molecule has 0 saturated heterocycles. The van der Waals surface area contributed by atoms with Crippen LogP contribution in [0.1, 0.15) is 11.4 Å². The van der Waals surface area contributed by atoms with Gasteiger partial charge in [-0.1, -0.05) is 36.4 Å². The maximum absolute atomic E-state index is 12.1. The van der Waals surface area contributed by atoms with Crippen molar-refractivity contribution in [2.24, 2.45) is 0 Å². The van der Waals surface area contributed by atoms with Crippen LogP contribution in [0, 0.1) is 6.92 Å². The Hall–Kier alpha value is -4.39. The van der Waals surface area contributed by atoms with E-state index in [2.05, 4.69) is 10.3 Å². The molecule has 4 aromatic rings. The van der Waals surface area contributed by atoms with Gasteiger partial charge in [0.2, 0.25) is 5.91 Å². The molecule has 7 heteroatoms. The van der Waals surface area contributed by atoms with E-state index >= 15 is 0 Å². The van der Waals surface area contributed by atoms with Crippen LogP contribution in [0.2, 0.25) is 0 Å². The molecule has 0 atom stereocenters. The molecule has 4 rings (SSSR count). The Kier molecular flexibility index (Phi) is 5.98. The second kappa shape index (κ2) is 9.18. The highest BCUT2D eigenvalue weighted by molar-refractivity contribution is 6.01. The van der Waals surface area contributed by atoms with Crippen molar-refractivity contribution in [2.75, 3.05) is 5.32 Å². The predicted octanol–water partition coefficient (Wildman–Crippen LogP) is 4.87. The molecule has 0 saturated carbocycles. The van der Waals surface area contributed by atoms with E-state index in [1.54, 1.807) is 54.0 Å². The number of fused-ring (bicyclic) bond motifs is 1. The monoisotopic (exact) mass is 427 g/mol. The molecule has 2 N–H and O–H groups in total. The summed E-state index contributed by atoms with van der Waals surface area (Å²) >= 11 is 0. The molecule has 1 heterocycles. The number of imidazole rings is 1. The number of carbonyl (C=O) groups excluding carboxylic acids is 1. The first-order chi connectivity index (χ1) is 15.5. The van der Waals surface area contributed by atoms with Crippen LogP contribution in [0.15, 0.2) is 78.9 Å². The zero-order valence-electron chi connectivity index (χ0n) is 17.4. The summed E-state index contributed by atoms with van der Waals surface area (Å²) in [5.41, 5.74) is 2.87. The number of anilines is 1. The largest absolute Gasteiger partial charge is 0.480 e. The molecule has 0 unspecified atom stereocenters. The number of ether oxygens (including phenoxy) is 1. The van der Waals surface area contributed by atoms with Crippen molar-refractivity contribution in [3.8, 4) is 11.5 Å². The molecule has 0 radical (unpaired) electrons. The first kappa shape index (κ1) is 20.9. The maximum atomic E-state index is 12.1. The summed E-state index contributed by atoms with van der Waals surface area (Å²) in [5.74, 6) is 0.528. The average molecular weight is 427 g/mol. The van der Waals surface area contributed by atoms with Crippen molar-refractivity contribution < 1.29 is 19.4 Å². The number of nitrogens with one attached hydrogen (secondary N) is 1. The van der Waals surface area contributed by atoms with Gasteiger partial charge in [-0.3, -0.25) is 9.59 Å². The summed E-state index contributed by atoms with van der Waals surface area (Å²) in [6.07, 6.45) is 3.23. The fourth-order valence-corrected chi connectivity index (χ4v) is 3.31. The van der Waals surface area contributed by atoms with E-state index in [0.717, 1.165) is 5.56 Å². The van der Waals surface area contributed by atoms with Crippen molar-refractivity contribution in [2.45, 2.75) is 13.5 Å². The van der Waals surface area contributed by atoms with Crippen molar-refractivity contribution in [3.63, 3.8) is 0 Å². The minimum Gasteiger partial charge on any atom is -0.480 e. The fraction of sp³-hybridized carbons (Fsp3) is 0.0800. The van der Waals surface area contributed by atoms with Crippen LogP contribution in [0.3, 0.4) is 0 Å². The van der Waals surface area contributed by atoms with E-state index in [9.17, 15) is 9.59 Å². The summed E-state index contributed by atoms with van der Waals surface area (Å²) < 4.78 is 7.61. The molecule has 0 aliphatic heterocycles. The first-order valence-corrected chi connectivity index (χ1v) is 9.99. The van der Waals surface area contributed by atoms with Crippen LogP contribution in [0.4, 0.5) is 5.69 Å². The number of benzene rings is 3. The lowest BCUT2D eigenvalue weighted by atomic mass is 10.2. The van der Waals surface area contributed by atoms with E-state index in [0.29, 0.717) is 34.0 Å². The van der Waals surface area contributed by atoms with Gasteiger partial charge in [0, 0.05) is 11.8 Å². The van der Waals surface area contributed by atoms with E-state index in [-0.39, 0.29) is 12.5 Å². The van der Waals surface area contributed by atoms with E-state index in [1.165, 1.54) is 6.08 Å². The van der Waals surface area contributed by atoms with Crippen LogP contribution >= 0.6 is 0 Å². The topological polar surface area (TPSA) is 93.5 Å². The zero-order chi connectivity index (χ0) is 22.5. The molecule has 1 amide bonds. The Morgan fingerprint density at radius 3 is 2.50 bits per heavy atom. The Morgan fingerprint density at radius 2 is 1.78 bits per heavy atom. The van der Waals surface area contributed by atoms with Gasteiger partial charge in [0.1, 0.15) is 23.6 Å². The average Bonchev–Trinajstić information content (AvgIpc) is 3.10. The fourth-order valence-electron chi connectivity index (χ4n) is 3.31. The number of carbonyl (C=O) groups is 2. The van der Waals surface area contributed by atoms with Gasteiger partial charge in [-0.05, 0) is 55.0 Å². The molecule has 0 spiro atoms. The molecule has 3 aromatic carbocycles. The maximum Gasteiger partial charge on any atom is 0.323 e. The van der Waals surface area contributed by atoms with Crippen LogP contribution in [-0.4, -0.2) is 26.5 Å². The number of hydrogen-bond acceptors (Lipinski definition) is 4. The number of aromatic nitrogens is 2. The van der Waals surface area contributed by atoms with Gasteiger partial charge in [-0.15, -0.1) is 0 Å². The smallest absolute Gasteiger partial charge is 0.323 e. The summed E-state index contributed by atoms with van der Waals surface area (Å²) in [6, 6.07) is 22.0. The lowest BCUT2D eigenvalue weighted by Crippen LogP contribution is -2.09. The molecule has 0 aliphatic carbocycles. The number of aliphatic carboxylic acids is 1. The van der Waals surface area contributed by atoms with Gasteiger partial charge >= 0.3 is 5.97 Å². The third-order valence-electron chi connectivity index (χ3n) is 4.80. The van der Waals surface area contributed by atoms with Crippen LogP contribution in [-0.2, 0) is 16.1 Å². The van der Waals surface area contributed by atoms with Gasteiger partial charge in [0.25, 0.3) is 0 Å². The highest BCUT2D eigenvalue weighted by atomic mass is 16.5. The SMILES string of the molecule is Cc1nc2c(Oc3ccc(NC(=O)/C=C/c4ccccc4)cc3)cccc2n1CC(=O)O. The Labute approximate surface area is 184 Å². The third-order valence-corrected chi connectivity index (χ3v) is 4.80. The summed E-state index contributed by atoms with van der Waals surface area (Å²) in [5, 5.41) is 11.9. The molecular formula is C25H21N3O4. The Balaban J connectivity index is 1.46. The highest BCUT2D eigenvalue weighted by Gasteiger charge is 2.14. The second-order valence-electron chi connectivity index (χ2n) is 7.12.